The van der Waals surface area contributed by atoms with Gasteiger partial charge >= 0.3 is 0 Å². The minimum absolute atomic E-state index is 0.0395. The zero-order valence-electron chi connectivity index (χ0n) is 17.3. The Labute approximate surface area is 188 Å². The second-order valence-corrected chi connectivity index (χ2v) is 7.70. The van der Waals surface area contributed by atoms with Crippen LogP contribution in [0.2, 0.25) is 5.02 Å². The zero-order chi connectivity index (χ0) is 22.8. The van der Waals surface area contributed by atoms with Crippen LogP contribution in [0.3, 0.4) is 0 Å². The minimum atomic E-state index is -0.570. The molecule has 0 aliphatic carbocycles. The summed E-state index contributed by atoms with van der Waals surface area (Å²) in [5.41, 5.74) is 5.27. The molecule has 0 saturated heterocycles. The number of hydrogen-bond donors (Lipinski definition) is 1. The van der Waals surface area contributed by atoms with Crippen LogP contribution in [-0.4, -0.2) is 15.8 Å². The number of anilines is 1. The number of nitrogens with zero attached hydrogens (tertiary/aromatic N) is 2. The van der Waals surface area contributed by atoms with E-state index < -0.39 is 4.92 Å². The third-order valence-corrected chi connectivity index (χ3v) is 5.32. The highest BCUT2D eigenvalue weighted by atomic mass is 35.5. The molecule has 0 bridgehead atoms. The summed E-state index contributed by atoms with van der Waals surface area (Å²) in [5, 5.41) is 13.8. The van der Waals surface area contributed by atoms with Crippen LogP contribution in [0, 0.1) is 24.0 Å². The Kier molecular flexibility index (Phi) is 5.75. The highest BCUT2D eigenvalue weighted by molar-refractivity contribution is 6.32. The van der Waals surface area contributed by atoms with Crippen LogP contribution >= 0.6 is 11.6 Å². The van der Waals surface area contributed by atoms with Crippen LogP contribution in [0.5, 0.6) is 0 Å². The van der Waals surface area contributed by atoms with Crippen molar-refractivity contribution in [2.24, 2.45) is 0 Å². The fourth-order valence-corrected chi connectivity index (χ4v) is 3.32. The molecule has 1 N–H and O–H groups in total. The Morgan fingerprint density at radius 1 is 1.09 bits per heavy atom. The maximum atomic E-state index is 12.3. The van der Waals surface area contributed by atoms with E-state index in [0.717, 1.165) is 11.1 Å². The Hall–Kier alpha value is -3.97. The van der Waals surface area contributed by atoms with E-state index in [9.17, 15) is 14.9 Å². The van der Waals surface area contributed by atoms with Gasteiger partial charge in [-0.25, -0.2) is 4.98 Å². The molecular weight excluding hydrogens is 430 g/mol. The van der Waals surface area contributed by atoms with E-state index in [0.29, 0.717) is 28.2 Å². The van der Waals surface area contributed by atoms with E-state index in [1.54, 1.807) is 24.3 Å². The van der Waals surface area contributed by atoms with Gasteiger partial charge in [0.2, 0.25) is 11.8 Å². The lowest BCUT2D eigenvalue weighted by atomic mass is 10.1. The number of benzene rings is 3. The number of amides is 1. The zero-order valence-corrected chi connectivity index (χ0v) is 18.0. The number of nitro benzene ring substituents is 1. The third-order valence-electron chi connectivity index (χ3n) is 5.00. The second-order valence-electron chi connectivity index (χ2n) is 7.29. The number of hydrogen-bond acceptors (Lipinski definition) is 5. The predicted octanol–water partition coefficient (Wildman–Crippen LogP) is 6.33. The molecule has 8 heteroatoms. The summed E-state index contributed by atoms with van der Waals surface area (Å²) in [4.78, 5) is 27.3. The molecule has 1 amide bonds. The Bertz CT molecular complexity index is 1390. The number of halogens is 1. The van der Waals surface area contributed by atoms with Crippen LogP contribution in [0.25, 0.3) is 28.6 Å². The quantitative estimate of drug-likeness (QED) is 0.219. The topological polar surface area (TPSA) is 98.3 Å². The Balaban J connectivity index is 1.51. The average molecular weight is 448 g/mol. The van der Waals surface area contributed by atoms with E-state index in [1.807, 2.05) is 32.0 Å². The second kappa shape index (κ2) is 8.64. The van der Waals surface area contributed by atoms with Gasteiger partial charge in [-0.3, -0.25) is 14.9 Å². The van der Waals surface area contributed by atoms with Gasteiger partial charge in [-0.15, -0.1) is 0 Å². The summed E-state index contributed by atoms with van der Waals surface area (Å²) in [6.45, 7) is 4.08. The molecular formula is C24H18ClN3O4. The number of aromatic nitrogens is 1. The smallest absolute Gasteiger partial charge is 0.288 e. The molecule has 0 aliphatic heterocycles. The largest absolute Gasteiger partial charge is 0.436 e. The first-order valence-corrected chi connectivity index (χ1v) is 10.1. The molecule has 0 spiro atoms. The molecule has 0 radical (unpaired) electrons. The molecule has 4 rings (SSSR count). The molecule has 7 nitrogen and oxygen atoms in total. The standard InChI is InChI=1S/C24H18ClN3O4/c1-14-3-6-17(11-15(14)2)24-27-20-13-18(7-9-22(20)32-24)26-23(29)10-5-16-4-8-19(25)21(12-16)28(30)31/h3-13H,1-2H3,(H,26,29). The number of aryl methyl sites for hydroxylation is 2. The first-order valence-electron chi connectivity index (χ1n) is 9.71. The van der Waals surface area contributed by atoms with Crippen molar-refractivity contribution in [3.05, 3.63) is 92.5 Å². The lowest BCUT2D eigenvalue weighted by Crippen LogP contribution is -2.07. The monoisotopic (exact) mass is 447 g/mol. The summed E-state index contributed by atoms with van der Waals surface area (Å²) in [6, 6.07) is 15.5. The van der Waals surface area contributed by atoms with Crippen molar-refractivity contribution in [2.75, 3.05) is 5.32 Å². The highest BCUT2D eigenvalue weighted by Crippen LogP contribution is 2.28. The van der Waals surface area contributed by atoms with Crippen LogP contribution in [-0.2, 0) is 4.79 Å². The summed E-state index contributed by atoms with van der Waals surface area (Å²) in [7, 11) is 0. The van der Waals surface area contributed by atoms with Crippen molar-refractivity contribution in [2.45, 2.75) is 13.8 Å². The highest BCUT2D eigenvalue weighted by Gasteiger charge is 2.12. The SMILES string of the molecule is Cc1ccc(-c2nc3cc(NC(=O)C=Cc4ccc(Cl)c([N+](=O)[O-])c4)ccc3o2)cc1C. The van der Waals surface area contributed by atoms with Gasteiger partial charge in [0.25, 0.3) is 5.69 Å². The van der Waals surface area contributed by atoms with E-state index in [4.69, 9.17) is 16.0 Å². The molecule has 4 aromatic rings. The summed E-state index contributed by atoms with van der Waals surface area (Å²) >= 11 is 5.81. The molecule has 0 aliphatic rings. The van der Waals surface area contributed by atoms with Crippen molar-refractivity contribution in [1.29, 1.82) is 0 Å². The first-order chi connectivity index (χ1) is 15.3. The molecule has 3 aromatic carbocycles. The first kappa shape index (κ1) is 21.3. The van der Waals surface area contributed by atoms with Gasteiger partial charge in [0.05, 0.1) is 4.92 Å². The van der Waals surface area contributed by atoms with Crippen LogP contribution in [0.4, 0.5) is 11.4 Å². The fourth-order valence-electron chi connectivity index (χ4n) is 3.13. The predicted molar refractivity (Wildman–Crippen MR) is 125 cm³/mol. The van der Waals surface area contributed by atoms with Gasteiger partial charge in [0.1, 0.15) is 10.5 Å². The summed E-state index contributed by atoms with van der Waals surface area (Å²) < 4.78 is 5.85. The van der Waals surface area contributed by atoms with Crippen LogP contribution in [0.15, 0.2) is 65.1 Å². The minimum Gasteiger partial charge on any atom is -0.436 e. The normalized spacial score (nSPS) is 11.2. The number of nitro groups is 1. The van der Waals surface area contributed by atoms with Gasteiger partial charge in [-0.1, -0.05) is 23.7 Å². The van der Waals surface area contributed by atoms with E-state index >= 15 is 0 Å². The maximum Gasteiger partial charge on any atom is 0.288 e. The molecule has 160 valence electrons. The van der Waals surface area contributed by atoms with Crippen LogP contribution < -0.4 is 5.32 Å². The Morgan fingerprint density at radius 3 is 2.66 bits per heavy atom. The van der Waals surface area contributed by atoms with Gasteiger partial charge in [0, 0.05) is 23.4 Å². The molecule has 0 fully saturated rings. The Morgan fingerprint density at radius 2 is 1.91 bits per heavy atom. The fraction of sp³-hybridized carbons (Fsp3) is 0.0833. The molecule has 0 unspecified atom stereocenters. The number of oxazole rings is 1. The van der Waals surface area contributed by atoms with Crippen LogP contribution in [0.1, 0.15) is 16.7 Å². The van der Waals surface area contributed by atoms with Crippen molar-refractivity contribution in [1.82, 2.24) is 4.98 Å². The van der Waals surface area contributed by atoms with Crippen molar-refractivity contribution in [3.63, 3.8) is 0 Å². The van der Waals surface area contributed by atoms with E-state index in [2.05, 4.69) is 10.3 Å². The van der Waals surface area contributed by atoms with Crippen molar-refractivity contribution >= 4 is 46.1 Å². The number of carbonyl (C=O) groups is 1. The van der Waals surface area contributed by atoms with E-state index in [1.165, 1.54) is 29.8 Å². The number of fused-ring (bicyclic) bond motifs is 1. The number of rotatable bonds is 5. The molecule has 0 atom stereocenters. The molecule has 32 heavy (non-hydrogen) atoms. The maximum absolute atomic E-state index is 12.3. The molecule has 0 saturated carbocycles. The van der Waals surface area contributed by atoms with Gasteiger partial charge in [-0.2, -0.15) is 0 Å². The average Bonchev–Trinajstić information content (AvgIpc) is 3.18. The molecule has 1 aromatic heterocycles. The summed E-state index contributed by atoms with van der Waals surface area (Å²) in [6.07, 6.45) is 2.77. The molecule has 1 heterocycles. The lowest BCUT2D eigenvalue weighted by Gasteiger charge is -2.01. The summed E-state index contributed by atoms with van der Waals surface area (Å²) in [5.74, 6) is 0.121. The van der Waals surface area contributed by atoms with E-state index in [-0.39, 0.29) is 16.6 Å². The third kappa shape index (κ3) is 4.53. The number of nitrogens with one attached hydrogen (secondary N) is 1. The van der Waals surface area contributed by atoms with Gasteiger partial charge in [-0.05, 0) is 73.0 Å². The number of carbonyl (C=O) groups excluding carboxylic acids is 1. The lowest BCUT2D eigenvalue weighted by molar-refractivity contribution is -0.384. The van der Waals surface area contributed by atoms with Gasteiger partial charge in [0.15, 0.2) is 5.58 Å². The van der Waals surface area contributed by atoms with Crippen molar-refractivity contribution < 1.29 is 14.1 Å². The van der Waals surface area contributed by atoms with Gasteiger partial charge < -0.3 is 9.73 Å². The van der Waals surface area contributed by atoms with Crippen molar-refractivity contribution in [3.8, 4) is 11.5 Å².